The van der Waals surface area contributed by atoms with E-state index in [1.54, 1.807) is 7.11 Å². The maximum Gasteiger partial charge on any atom is 0.0571 e. The maximum absolute atomic E-state index is 4.91. The Morgan fingerprint density at radius 2 is 2.38 bits per heavy atom. The molecule has 13 heavy (non-hydrogen) atoms. The third-order valence-electron chi connectivity index (χ3n) is 2.11. The molecule has 0 heterocycles. The summed E-state index contributed by atoms with van der Waals surface area (Å²) < 4.78 is 4.91. The molecule has 0 aliphatic heterocycles. The van der Waals surface area contributed by atoms with Crippen molar-refractivity contribution < 1.29 is 4.74 Å². The summed E-state index contributed by atoms with van der Waals surface area (Å²) in [6.45, 7) is 0.750. The molecule has 0 spiro atoms. The second-order valence-electron chi connectivity index (χ2n) is 3.20. The minimum atomic E-state index is 0.750. The SMILES string of the molecule is COCCC#CCC1=CC[CH]CC1. The summed E-state index contributed by atoms with van der Waals surface area (Å²) in [5.41, 5.74) is 1.51. The van der Waals surface area contributed by atoms with E-state index in [2.05, 4.69) is 24.3 Å². The number of ether oxygens (including phenoxy) is 1. The van der Waals surface area contributed by atoms with E-state index in [0.717, 1.165) is 25.9 Å². The molecule has 1 aliphatic rings. The van der Waals surface area contributed by atoms with Crippen LogP contribution in [-0.4, -0.2) is 13.7 Å². The van der Waals surface area contributed by atoms with E-state index in [9.17, 15) is 0 Å². The zero-order valence-corrected chi connectivity index (χ0v) is 8.31. The minimum Gasteiger partial charge on any atom is -0.384 e. The van der Waals surface area contributed by atoms with Crippen molar-refractivity contribution in [2.75, 3.05) is 13.7 Å². The van der Waals surface area contributed by atoms with Crippen LogP contribution < -0.4 is 0 Å². The molecule has 0 unspecified atom stereocenters. The van der Waals surface area contributed by atoms with Gasteiger partial charge in [0.05, 0.1) is 6.61 Å². The van der Waals surface area contributed by atoms with Crippen LogP contribution >= 0.6 is 0 Å². The number of rotatable bonds is 3. The molecule has 0 aromatic carbocycles. The fraction of sp³-hybridized carbons (Fsp3) is 0.583. The van der Waals surface area contributed by atoms with Gasteiger partial charge < -0.3 is 4.74 Å². The van der Waals surface area contributed by atoms with Crippen LogP contribution in [0.25, 0.3) is 0 Å². The van der Waals surface area contributed by atoms with Gasteiger partial charge in [0.25, 0.3) is 0 Å². The number of methoxy groups -OCH3 is 1. The summed E-state index contributed by atoms with van der Waals surface area (Å²) >= 11 is 0. The minimum absolute atomic E-state index is 0.750. The van der Waals surface area contributed by atoms with Gasteiger partial charge in [-0.05, 0) is 25.7 Å². The lowest BCUT2D eigenvalue weighted by Crippen LogP contribution is -1.91. The van der Waals surface area contributed by atoms with Crippen LogP contribution in [-0.2, 0) is 4.74 Å². The van der Waals surface area contributed by atoms with Crippen molar-refractivity contribution in [1.29, 1.82) is 0 Å². The summed E-state index contributed by atoms with van der Waals surface area (Å²) in [6.07, 6.45) is 10.0. The Morgan fingerprint density at radius 3 is 3.08 bits per heavy atom. The third-order valence-corrected chi connectivity index (χ3v) is 2.11. The molecule has 0 aromatic heterocycles. The number of allylic oxidation sites excluding steroid dienone is 2. The predicted molar refractivity (Wildman–Crippen MR) is 55.1 cm³/mol. The molecule has 0 atom stereocenters. The summed E-state index contributed by atoms with van der Waals surface area (Å²) in [5.74, 6) is 6.29. The molecule has 0 amide bonds. The molecular weight excluding hydrogens is 160 g/mol. The Bertz CT molecular complexity index is 217. The molecule has 0 fully saturated rings. The Balaban J connectivity index is 2.15. The van der Waals surface area contributed by atoms with Crippen LogP contribution in [0.1, 0.15) is 32.1 Å². The molecule has 0 N–H and O–H groups in total. The van der Waals surface area contributed by atoms with Crippen molar-refractivity contribution in [1.82, 2.24) is 0 Å². The van der Waals surface area contributed by atoms with Gasteiger partial charge in [0.1, 0.15) is 0 Å². The number of hydrogen-bond acceptors (Lipinski definition) is 1. The average Bonchev–Trinajstić information content (AvgIpc) is 2.19. The van der Waals surface area contributed by atoms with Gasteiger partial charge in [0.15, 0.2) is 0 Å². The van der Waals surface area contributed by atoms with Crippen molar-refractivity contribution in [3.05, 3.63) is 18.1 Å². The first-order valence-electron chi connectivity index (χ1n) is 4.87. The predicted octanol–water partition coefficient (Wildman–Crippen LogP) is 2.73. The maximum atomic E-state index is 4.91. The van der Waals surface area contributed by atoms with Crippen LogP contribution in [0.3, 0.4) is 0 Å². The lowest BCUT2D eigenvalue weighted by Gasteiger charge is -2.08. The molecule has 1 radical (unpaired) electrons. The van der Waals surface area contributed by atoms with E-state index in [0.29, 0.717) is 0 Å². The van der Waals surface area contributed by atoms with Crippen LogP contribution in [0.2, 0.25) is 0 Å². The fourth-order valence-corrected chi connectivity index (χ4v) is 1.34. The van der Waals surface area contributed by atoms with E-state index in [-0.39, 0.29) is 0 Å². The molecule has 1 heteroatoms. The van der Waals surface area contributed by atoms with Crippen LogP contribution in [0.5, 0.6) is 0 Å². The monoisotopic (exact) mass is 177 g/mol. The first kappa shape index (κ1) is 10.3. The van der Waals surface area contributed by atoms with Crippen molar-refractivity contribution in [2.45, 2.75) is 32.1 Å². The third kappa shape index (κ3) is 4.75. The standard InChI is InChI=1S/C12H17O/c1-13-11-7-3-6-10-12-8-4-2-5-9-12/h2,8H,4-5,7,9-11H2,1H3. The van der Waals surface area contributed by atoms with Crippen LogP contribution in [0, 0.1) is 18.3 Å². The zero-order valence-electron chi connectivity index (χ0n) is 8.31. The lowest BCUT2D eigenvalue weighted by molar-refractivity contribution is 0.206. The van der Waals surface area contributed by atoms with Gasteiger partial charge in [-0.25, -0.2) is 0 Å². The quantitative estimate of drug-likeness (QED) is 0.366. The van der Waals surface area contributed by atoms with Gasteiger partial charge in [-0.15, -0.1) is 5.92 Å². The van der Waals surface area contributed by atoms with Crippen LogP contribution in [0.4, 0.5) is 0 Å². The highest BCUT2D eigenvalue weighted by Gasteiger charge is 2.00. The lowest BCUT2D eigenvalue weighted by atomic mass is 9.97. The molecule has 71 valence electrons. The normalized spacial score (nSPS) is 15.9. The fourth-order valence-electron chi connectivity index (χ4n) is 1.34. The molecular formula is C12H17O. The topological polar surface area (TPSA) is 9.23 Å². The second-order valence-corrected chi connectivity index (χ2v) is 3.20. The van der Waals surface area contributed by atoms with Gasteiger partial charge in [-0.3, -0.25) is 0 Å². The van der Waals surface area contributed by atoms with E-state index < -0.39 is 0 Å². The molecule has 0 aromatic rings. The molecule has 1 aliphatic carbocycles. The highest BCUT2D eigenvalue weighted by molar-refractivity contribution is 5.16. The van der Waals surface area contributed by atoms with E-state index >= 15 is 0 Å². The van der Waals surface area contributed by atoms with Crippen molar-refractivity contribution in [3.8, 4) is 11.8 Å². The van der Waals surface area contributed by atoms with Gasteiger partial charge in [0.2, 0.25) is 0 Å². The highest BCUT2D eigenvalue weighted by Crippen LogP contribution is 2.18. The Morgan fingerprint density at radius 1 is 1.46 bits per heavy atom. The van der Waals surface area contributed by atoms with E-state index in [1.165, 1.54) is 18.4 Å². The summed E-state index contributed by atoms with van der Waals surface area (Å²) in [5, 5.41) is 0. The van der Waals surface area contributed by atoms with E-state index in [1.807, 2.05) is 0 Å². The zero-order chi connectivity index (χ0) is 9.36. The largest absolute Gasteiger partial charge is 0.384 e. The Hall–Kier alpha value is -0.740. The smallest absolute Gasteiger partial charge is 0.0571 e. The average molecular weight is 177 g/mol. The molecule has 1 nitrogen and oxygen atoms in total. The second kappa shape index (κ2) is 6.74. The van der Waals surface area contributed by atoms with Crippen molar-refractivity contribution in [3.63, 3.8) is 0 Å². The van der Waals surface area contributed by atoms with Gasteiger partial charge in [0, 0.05) is 20.0 Å². The Labute approximate surface area is 81.2 Å². The van der Waals surface area contributed by atoms with Crippen LogP contribution in [0.15, 0.2) is 11.6 Å². The molecule has 0 saturated carbocycles. The molecule has 0 bridgehead atoms. The van der Waals surface area contributed by atoms with Gasteiger partial charge in [-0.1, -0.05) is 17.6 Å². The molecule has 1 rings (SSSR count). The van der Waals surface area contributed by atoms with Gasteiger partial charge in [-0.2, -0.15) is 0 Å². The molecule has 0 saturated heterocycles. The Kier molecular flexibility index (Phi) is 5.36. The van der Waals surface area contributed by atoms with Gasteiger partial charge >= 0.3 is 0 Å². The summed E-state index contributed by atoms with van der Waals surface area (Å²) in [7, 11) is 1.71. The summed E-state index contributed by atoms with van der Waals surface area (Å²) in [4.78, 5) is 0. The first-order valence-corrected chi connectivity index (χ1v) is 4.87. The summed E-state index contributed by atoms with van der Waals surface area (Å²) in [6, 6.07) is 0. The van der Waals surface area contributed by atoms with E-state index in [4.69, 9.17) is 4.74 Å². The van der Waals surface area contributed by atoms with Crippen molar-refractivity contribution in [2.24, 2.45) is 0 Å². The first-order chi connectivity index (χ1) is 6.43. The highest BCUT2D eigenvalue weighted by atomic mass is 16.5. The van der Waals surface area contributed by atoms with Crippen molar-refractivity contribution >= 4 is 0 Å². The number of hydrogen-bond donors (Lipinski definition) is 0.